The zero-order valence-corrected chi connectivity index (χ0v) is 13.3. The minimum Gasteiger partial charge on any atom is -0.372 e. The molecular formula is C13H16BrClN2O3. The lowest BCUT2D eigenvalue weighted by molar-refractivity contribution is -0.130. The van der Waals surface area contributed by atoms with E-state index in [4.69, 9.17) is 22.1 Å². The minimum atomic E-state index is -0.808. The van der Waals surface area contributed by atoms with Crippen LogP contribution in [0, 0.1) is 0 Å². The number of carbonyl (C=O) groups is 2. The number of hydrogen-bond acceptors (Lipinski definition) is 3. The third kappa shape index (κ3) is 5.48. The molecule has 2 amide bonds. The van der Waals surface area contributed by atoms with Crippen LogP contribution < -0.4 is 11.1 Å². The van der Waals surface area contributed by atoms with Gasteiger partial charge in [-0.05, 0) is 30.7 Å². The molecule has 3 N–H and O–H groups in total. The summed E-state index contributed by atoms with van der Waals surface area (Å²) in [7, 11) is 0. The van der Waals surface area contributed by atoms with Gasteiger partial charge in [-0.25, -0.2) is 0 Å². The maximum Gasteiger partial charge on any atom is 0.246 e. The highest BCUT2D eigenvalue weighted by Crippen LogP contribution is 2.22. The predicted octanol–water partition coefficient (Wildman–Crippen LogP) is 1.65. The molecule has 0 bridgehead atoms. The summed E-state index contributed by atoms with van der Waals surface area (Å²) in [5.74, 6) is -0.990. The summed E-state index contributed by atoms with van der Waals surface area (Å²) >= 11 is 9.28. The molecule has 1 rings (SSSR count). The first-order valence-corrected chi connectivity index (χ1v) is 7.21. The molecule has 110 valence electrons. The quantitative estimate of drug-likeness (QED) is 0.773. The first-order chi connectivity index (χ1) is 9.43. The van der Waals surface area contributed by atoms with E-state index >= 15 is 0 Å². The van der Waals surface area contributed by atoms with E-state index < -0.39 is 11.9 Å². The molecule has 5 nitrogen and oxygen atoms in total. The van der Waals surface area contributed by atoms with Crippen molar-refractivity contribution in [1.29, 1.82) is 0 Å². The topological polar surface area (TPSA) is 81.4 Å². The van der Waals surface area contributed by atoms with Gasteiger partial charge < -0.3 is 15.8 Å². The molecule has 1 atom stereocenters. The fraction of sp³-hybridized carbons (Fsp3) is 0.385. The fourth-order valence-electron chi connectivity index (χ4n) is 1.57. The largest absolute Gasteiger partial charge is 0.372 e. The molecule has 20 heavy (non-hydrogen) atoms. The van der Waals surface area contributed by atoms with Gasteiger partial charge in [0.1, 0.15) is 12.6 Å². The van der Waals surface area contributed by atoms with Crippen LogP contribution in [-0.4, -0.2) is 31.1 Å². The number of nitrogens with one attached hydrogen (secondary N) is 1. The molecule has 1 aromatic rings. The predicted molar refractivity (Wildman–Crippen MR) is 80.5 cm³/mol. The standard InChI is InChI=1S/C13H16BrClN2O3/c1-2-20-7-12(18)17-11(13(16)19)6-8-5-9(15)3-4-10(8)14/h3-5,11H,2,6-7H2,1H3,(H2,16,19)(H,17,18)/t11-/m1/s1. The number of rotatable bonds is 7. The number of carbonyl (C=O) groups excluding carboxylic acids is 2. The molecule has 0 aliphatic carbocycles. The smallest absolute Gasteiger partial charge is 0.246 e. The molecule has 0 spiro atoms. The second-order valence-corrected chi connectivity index (χ2v) is 5.39. The van der Waals surface area contributed by atoms with Gasteiger partial charge in [0.05, 0.1) is 0 Å². The molecule has 0 aromatic heterocycles. The van der Waals surface area contributed by atoms with Crippen LogP contribution in [0.3, 0.4) is 0 Å². The van der Waals surface area contributed by atoms with Crippen LogP contribution in [0.4, 0.5) is 0 Å². The summed E-state index contributed by atoms with van der Waals surface area (Å²) in [6, 6.07) is 4.41. The first-order valence-electron chi connectivity index (χ1n) is 6.04. The van der Waals surface area contributed by atoms with Crippen LogP contribution >= 0.6 is 27.5 Å². The third-order valence-corrected chi connectivity index (χ3v) is 3.56. The monoisotopic (exact) mass is 362 g/mol. The molecule has 0 fully saturated rings. The number of hydrogen-bond donors (Lipinski definition) is 2. The molecule has 0 heterocycles. The Morgan fingerprint density at radius 1 is 1.50 bits per heavy atom. The maximum atomic E-state index is 11.6. The van der Waals surface area contributed by atoms with E-state index in [0.29, 0.717) is 11.6 Å². The highest BCUT2D eigenvalue weighted by Gasteiger charge is 2.19. The van der Waals surface area contributed by atoms with Crippen molar-refractivity contribution < 1.29 is 14.3 Å². The highest BCUT2D eigenvalue weighted by atomic mass is 79.9. The summed E-state index contributed by atoms with van der Waals surface area (Å²) in [5, 5.41) is 3.09. The van der Waals surface area contributed by atoms with Crippen molar-refractivity contribution in [2.75, 3.05) is 13.2 Å². The molecule has 0 radical (unpaired) electrons. The van der Waals surface area contributed by atoms with Gasteiger partial charge in [-0.1, -0.05) is 27.5 Å². The van der Waals surface area contributed by atoms with Crippen molar-refractivity contribution in [2.24, 2.45) is 5.73 Å². The van der Waals surface area contributed by atoms with E-state index in [1.807, 2.05) is 0 Å². The Labute approximate surface area is 130 Å². The molecular weight excluding hydrogens is 348 g/mol. The lowest BCUT2D eigenvalue weighted by Gasteiger charge is -2.16. The summed E-state index contributed by atoms with van der Waals surface area (Å²) in [6.45, 7) is 2.10. The lowest BCUT2D eigenvalue weighted by Crippen LogP contribution is -2.47. The zero-order chi connectivity index (χ0) is 15.1. The van der Waals surface area contributed by atoms with Crippen LogP contribution in [0.1, 0.15) is 12.5 Å². The minimum absolute atomic E-state index is 0.100. The Morgan fingerprint density at radius 3 is 2.80 bits per heavy atom. The Morgan fingerprint density at radius 2 is 2.20 bits per heavy atom. The van der Waals surface area contributed by atoms with Gasteiger partial charge in [0.2, 0.25) is 11.8 Å². The van der Waals surface area contributed by atoms with Gasteiger partial charge in [0.25, 0.3) is 0 Å². The second kappa shape index (κ2) is 8.24. The number of primary amides is 1. The molecule has 0 aliphatic heterocycles. The van der Waals surface area contributed by atoms with Crippen LogP contribution in [0.15, 0.2) is 22.7 Å². The normalized spacial score (nSPS) is 11.9. The van der Waals surface area contributed by atoms with Gasteiger partial charge in [-0.2, -0.15) is 0 Å². The van der Waals surface area contributed by atoms with Crippen LogP contribution in [0.2, 0.25) is 5.02 Å². The van der Waals surface area contributed by atoms with Crippen LogP contribution in [0.5, 0.6) is 0 Å². The Bertz CT molecular complexity index is 497. The summed E-state index contributed by atoms with van der Waals surface area (Å²) < 4.78 is 5.77. The number of nitrogens with two attached hydrogens (primary N) is 1. The van der Waals surface area contributed by atoms with Gasteiger partial charge in [0.15, 0.2) is 0 Å². The Balaban J connectivity index is 2.74. The van der Waals surface area contributed by atoms with Gasteiger partial charge in [0, 0.05) is 22.5 Å². The van der Waals surface area contributed by atoms with Crippen molar-refractivity contribution in [3.05, 3.63) is 33.3 Å². The Hall–Kier alpha value is -1.11. The second-order valence-electron chi connectivity index (χ2n) is 4.10. The molecule has 1 aromatic carbocycles. The van der Waals surface area contributed by atoms with Crippen LogP contribution in [0.25, 0.3) is 0 Å². The SMILES string of the molecule is CCOCC(=O)N[C@H](Cc1cc(Cl)ccc1Br)C(N)=O. The van der Waals surface area contributed by atoms with E-state index in [2.05, 4.69) is 21.2 Å². The van der Waals surface area contributed by atoms with Crippen molar-refractivity contribution in [3.8, 4) is 0 Å². The number of ether oxygens (including phenoxy) is 1. The van der Waals surface area contributed by atoms with E-state index in [0.717, 1.165) is 10.0 Å². The molecule has 0 unspecified atom stereocenters. The average Bonchev–Trinajstić information content (AvgIpc) is 2.39. The highest BCUT2D eigenvalue weighted by molar-refractivity contribution is 9.10. The first kappa shape index (κ1) is 16.9. The molecule has 0 saturated carbocycles. The van der Waals surface area contributed by atoms with Crippen molar-refractivity contribution in [3.63, 3.8) is 0 Å². The van der Waals surface area contributed by atoms with E-state index in [9.17, 15) is 9.59 Å². The maximum absolute atomic E-state index is 11.6. The van der Waals surface area contributed by atoms with E-state index in [1.54, 1.807) is 25.1 Å². The number of halogens is 2. The third-order valence-electron chi connectivity index (χ3n) is 2.55. The van der Waals surface area contributed by atoms with E-state index in [-0.39, 0.29) is 18.9 Å². The Kier molecular flexibility index (Phi) is 6.98. The summed E-state index contributed by atoms with van der Waals surface area (Å²) in [4.78, 5) is 23.0. The van der Waals surface area contributed by atoms with E-state index in [1.165, 1.54) is 0 Å². The zero-order valence-electron chi connectivity index (χ0n) is 11.0. The van der Waals surface area contributed by atoms with Crippen LogP contribution in [-0.2, 0) is 20.7 Å². The van der Waals surface area contributed by atoms with Crippen molar-refractivity contribution >= 4 is 39.3 Å². The number of amides is 2. The fourth-order valence-corrected chi connectivity index (χ4v) is 2.18. The summed E-state index contributed by atoms with van der Waals surface area (Å²) in [5.41, 5.74) is 6.10. The summed E-state index contributed by atoms with van der Waals surface area (Å²) in [6.07, 6.45) is 0.258. The lowest BCUT2D eigenvalue weighted by atomic mass is 10.1. The molecule has 0 saturated heterocycles. The van der Waals surface area contributed by atoms with Crippen molar-refractivity contribution in [2.45, 2.75) is 19.4 Å². The van der Waals surface area contributed by atoms with Gasteiger partial charge in [-0.15, -0.1) is 0 Å². The molecule has 7 heteroatoms. The number of benzene rings is 1. The van der Waals surface area contributed by atoms with Crippen molar-refractivity contribution in [1.82, 2.24) is 5.32 Å². The van der Waals surface area contributed by atoms with Gasteiger partial charge in [-0.3, -0.25) is 9.59 Å². The van der Waals surface area contributed by atoms with Gasteiger partial charge >= 0.3 is 0 Å². The average molecular weight is 364 g/mol. The molecule has 0 aliphatic rings.